The van der Waals surface area contributed by atoms with E-state index in [-0.39, 0.29) is 11.3 Å². The van der Waals surface area contributed by atoms with Gasteiger partial charge in [0.25, 0.3) is 0 Å². The van der Waals surface area contributed by atoms with Crippen LogP contribution in [-0.2, 0) is 0 Å². The number of aromatic hydroxyl groups is 1. The second-order valence-electron chi connectivity index (χ2n) is 3.91. The van der Waals surface area contributed by atoms with Crippen LogP contribution in [-0.4, -0.2) is 11.3 Å². The van der Waals surface area contributed by atoms with E-state index in [0.29, 0.717) is 16.7 Å². The van der Waals surface area contributed by atoms with E-state index in [1.165, 1.54) is 24.3 Å². The maximum atomic E-state index is 13.1. The van der Waals surface area contributed by atoms with Gasteiger partial charge in [0.15, 0.2) is 0 Å². The first-order valence-electron chi connectivity index (χ1n) is 5.55. The van der Waals surface area contributed by atoms with Crippen LogP contribution in [0.2, 0.25) is 0 Å². The van der Waals surface area contributed by atoms with Gasteiger partial charge in [0.2, 0.25) is 0 Å². The Balaban J connectivity index is 2.36. The highest BCUT2D eigenvalue weighted by atomic mass is 32.2. The summed E-state index contributed by atoms with van der Waals surface area (Å²) in [5.41, 5.74) is -0.121. The van der Waals surface area contributed by atoms with Crippen molar-refractivity contribution in [3.63, 3.8) is 0 Å². The lowest BCUT2D eigenvalue weighted by atomic mass is 10.1. The molecular weight excluding hydrogens is 273 g/mol. The van der Waals surface area contributed by atoms with Crippen molar-refractivity contribution in [2.24, 2.45) is 0 Å². The van der Waals surface area contributed by atoms with E-state index >= 15 is 0 Å². The Kier molecular flexibility index (Phi) is 4.04. The quantitative estimate of drug-likeness (QED) is 0.818. The maximum absolute atomic E-state index is 13.1. The van der Waals surface area contributed by atoms with E-state index in [1.807, 2.05) is 0 Å². The first kappa shape index (κ1) is 13.8. The smallest absolute Gasteiger partial charge is 0.405 e. The fourth-order valence-electron chi connectivity index (χ4n) is 1.65. The third kappa shape index (κ3) is 3.44. The van der Waals surface area contributed by atoms with E-state index in [2.05, 4.69) is 0 Å². The number of alkyl halides is 3. The number of para-hydroxylation sites is 1. The molecule has 0 heterocycles. The average molecular weight is 284 g/mol. The normalized spacial score (nSPS) is 13.2. The minimum atomic E-state index is -4.43. The predicted octanol–water partition coefficient (Wildman–Crippen LogP) is 4.79. The summed E-state index contributed by atoms with van der Waals surface area (Å²) >= 11 is 0.678. The standard InChI is InChI=1S/C14H11F3OS/c15-14(16,17)13(11-8-4-5-9-12(11)18)19-10-6-2-1-3-7-10/h1-9,13,18H. The van der Waals surface area contributed by atoms with E-state index in [4.69, 9.17) is 0 Å². The molecule has 100 valence electrons. The molecule has 0 bridgehead atoms. The molecule has 0 aliphatic rings. The zero-order chi connectivity index (χ0) is 13.9. The van der Waals surface area contributed by atoms with Gasteiger partial charge in [-0.25, -0.2) is 0 Å². The van der Waals surface area contributed by atoms with Gasteiger partial charge in [-0.2, -0.15) is 13.2 Å². The summed E-state index contributed by atoms with van der Waals surface area (Å²) in [5.74, 6) is -0.340. The molecule has 1 atom stereocenters. The second-order valence-corrected chi connectivity index (χ2v) is 5.09. The summed E-state index contributed by atoms with van der Waals surface area (Å²) in [6, 6.07) is 13.9. The Labute approximate surface area is 113 Å². The molecule has 0 aliphatic heterocycles. The topological polar surface area (TPSA) is 20.2 Å². The van der Waals surface area contributed by atoms with Crippen LogP contribution in [0.1, 0.15) is 10.8 Å². The molecule has 2 rings (SSSR count). The van der Waals surface area contributed by atoms with Gasteiger partial charge in [-0.15, -0.1) is 11.8 Å². The molecule has 5 heteroatoms. The van der Waals surface area contributed by atoms with E-state index in [1.54, 1.807) is 30.3 Å². The zero-order valence-electron chi connectivity index (χ0n) is 9.76. The molecule has 1 nitrogen and oxygen atoms in total. The van der Waals surface area contributed by atoms with Gasteiger partial charge in [0.1, 0.15) is 11.0 Å². The highest BCUT2D eigenvalue weighted by molar-refractivity contribution is 7.99. The maximum Gasteiger partial charge on any atom is 0.405 e. The van der Waals surface area contributed by atoms with Crippen LogP contribution < -0.4 is 0 Å². The zero-order valence-corrected chi connectivity index (χ0v) is 10.6. The van der Waals surface area contributed by atoms with Crippen LogP contribution in [0.4, 0.5) is 13.2 Å². The number of phenols is 1. The SMILES string of the molecule is Oc1ccccc1C(Sc1ccccc1)C(F)(F)F. The van der Waals surface area contributed by atoms with Crippen LogP contribution in [0.15, 0.2) is 59.5 Å². The fraction of sp³-hybridized carbons (Fsp3) is 0.143. The Hall–Kier alpha value is -1.62. The number of benzene rings is 2. The Morgan fingerprint density at radius 3 is 2.05 bits per heavy atom. The van der Waals surface area contributed by atoms with E-state index in [0.717, 1.165) is 0 Å². The Bertz CT molecular complexity index is 540. The first-order valence-corrected chi connectivity index (χ1v) is 6.43. The number of hydrogen-bond acceptors (Lipinski definition) is 2. The first-order chi connectivity index (χ1) is 8.98. The predicted molar refractivity (Wildman–Crippen MR) is 69.2 cm³/mol. The summed E-state index contributed by atoms with van der Waals surface area (Å²) in [6.45, 7) is 0. The minimum Gasteiger partial charge on any atom is -0.508 e. The van der Waals surface area contributed by atoms with Gasteiger partial charge in [-0.1, -0.05) is 36.4 Å². The monoisotopic (exact) mass is 284 g/mol. The third-order valence-electron chi connectivity index (χ3n) is 2.51. The molecule has 19 heavy (non-hydrogen) atoms. The van der Waals surface area contributed by atoms with Gasteiger partial charge in [0, 0.05) is 10.5 Å². The molecule has 1 N–H and O–H groups in total. The molecule has 0 radical (unpaired) electrons. The molecule has 1 unspecified atom stereocenters. The van der Waals surface area contributed by atoms with Crippen LogP contribution in [0.3, 0.4) is 0 Å². The minimum absolute atomic E-state index is 0.121. The van der Waals surface area contributed by atoms with Crippen LogP contribution in [0, 0.1) is 0 Å². The average Bonchev–Trinajstić information content (AvgIpc) is 2.37. The molecule has 0 aliphatic carbocycles. The van der Waals surface area contributed by atoms with Crippen LogP contribution >= 0.6 is 11.8 Å². The molecule has 0 amide bonds. The summed E-state index contributed by atoms with van der Waals surface area (Å²) in [5, 5.41) is 7.83. The number of halogens is 3. The second kappa shape index (κ2) is 5.57. The molecule has 0 spiro atoms. The number of thioether (sulfide) groups is 1. The molecular formula is C14H11F3OS. The van der Waals surface area contributed by atoms with Gasteiger partial charge in [0.05, 0.1) is 0 Å². The molecule has 0 aromatic heterocycles. The molecule has 2 aromatic rings. The number of rotatable bonds is 3. The molecule has 0 saturated carbocycles. The molecule has 0 fully saturated rings. The fourth-order valence-corrected chi connectivity index (χ4v) is 2.70. The van der Waals surface area contributed by atoms with Crippen molar-refractivity contribution >= 4 is 11.8 Å². The third-order valence-corrected chi connectivity index (χ3v) is 3.81. The lowest BCUT2D eigenvalue weighted by Crippen LogP contribution is -2.18. The summed E-state index contributed by atoms with van der Waals surface area (Å²) in [6.07, 6.45) is -4.43. The Morgan fingerprint density at radius 1 is 0.895 bits per heavy atom. The van der Waals surface area contributed by atoms with Crippen molar-refractivity contribution in [1.29, 1.82) is 0 Å². The van der Waals surface area contributed by atoms with Gasteiger partial charge >= 0.3 is 6.18 Å². The number of hydrogen-bond donors (Lipinski definition) is 1. The summed E-state index contributed by atoms with van der Waals surface area (Å²) in [7, 11) is 0. The Morgan fingerprint density at radius 2 is 1.47 bits per heavy atom. The van der Waals surface area contributed by atoms with Crippen molar-refractivity contribution < 1.29 is 18.3 Å². The highest BCUT2D eigenvalue weighted by Crippen LogP contribution is 2.48. The van der Waals surface area contributed by atoms with Crippen LogP contribution in [0.25, 0.3) is 0 Å². The molecule has 0 saturated heterocycles. The lowest BCUT2D eigenvalue weighted by molar-refractivity contribution is -0.130. The lowest BCUT2D eigenvalue weighted by Gasteiger charge is -2.21. The van der Waals surface area contributed by atoms with Crippen molar-refractivity contribution in [3.8, 4) is 5.75 Å². The van der Waals surface area contributed by atoms with E-state index in [9.17, 15) is 18.3 Å². The van der Waals surface area contributed by atoms with Gasteiger partial charge < -0.3 is 5.11 Å². The highest BCUT2D eigenvalue weighted by Gasteiger charge is 2.42. The van der Waals surface area contributed by atoms with Gasteiger partial charge in [-0.3, -0.25) is 0 Å². The summed E-state index contributed by atoms with van der Waals surface area (Å²) < 4.78 is 39.4. The number of phenolic OH excluding ortho intramolecular Hbond substituents is 1. The van der Waals surface area contributed by atoms with Crippen molar-refractivity contribution in [1.82, 2.24) is 0 Å². The van der Waals surface area contributed by atoms with Crippen molar-refractivity contribution in [2.45, 2.75) is 16.3 Å². The van der Waals surface area contributed by atoms with Crippen LogP contribution in [0.5, 0.6) is 5.75 Å². The molecule has 2 aromatic carbocycles. The van der Waals surface area contributed by atoms with E-state index < -0.39 is 11.4 Å². The van der Waals surface area contributed by atoms with Gasteiger partial charge in [-0.05, 0) is 18.2 Å². The van der Waals surface area contributed by atoms with Crippen molar-refractivity contribution in [2.75, 3.05) is 0 Å². The van der Waals surface area contributed by atoms with Crippen molar-refractivity contribution in [3.05, 3.63) is 60.2 Å². The summed E-state index contributed by atoms with van der Waals surface area (Å²) in [4.78, 5) is 0.507. The largest absolute Gasteiger partial charge is 0.508 e.